The predicted octanol–water partition coefficient (Wildman–Crippen LogP) is 2.12. The van der Waals surface area contributed by atoms with Crippen LogP contribution in [0.1, 0.15) is 0 Å². The molecule has 0 fully saturated rings. The first kappa shape index (κ1) is 13.0. The molecule has 0 amide bonds. The Kier molecular flexibility index (Phi) is 3.40. The number of halogens is 2. The van der Waals surface area contributed by atoms with Crippen molar-refractivity contribution in [2.45, 2.75) is 4.90 Å². The van der Waals surface area contributed by atoms with Crippen LogP contribution in [0.25, 0.3) is 0 Å². The summed E-state index contributed by atoms with van der Waals surface area (Å²) in [6.07, 6.45) is 2.57. The van der Waals surface area contributed by atoms with Crippen LogP contribution in [0.2, 0.25) is 0 Å². The summed E-state index contributed by atoms with van der Waals surface area (Å²) in [5, 5.41) is 3.78. The van der Waals surface area contributed by atoms with Gasteiger partial charge in [0.15, 0.2) is 0 Å². The molecule has 1 heterocycles. The predicted molar refractivity (Wildman–Crippen MR) is 68.1 cm³/mol. The molecule has 1 N–H and O–H groups in total. The number of aryl methyl sites for hydroxylation is 1. The van der Waals surface area contributed by atoms with E-state index < -0.39 is 15.8 Å². The van der Waals surface area contributed by atoms with Gasteiger partial charge >= 0.3 is 0 Å². The van der Waals surface area contributed by atoms with E-state index in [1.54, 1.807) is 7.05 Å². The van der Waals surface area contributed by atoms with Gasteiger partial charge in [0.25, 0.3) is 10.0 Å². The molecule has 0 saturated carbocycles. The number of aromatic nitrogens is 2. The topological polar surface area (TPSA) is 64.0 Å². The molecule has 0 unspecified atom stereocenters. The molecule has 0 aliphatic rings. The van der Waals surface area contributed by atoms with Crippen molar-refractivity contribution in [3.05, 3.63) is 40.9 Å². The maximum Gasteiger partial charge on any atom is 0.265 e. The number of hydrogen-bond acceptors (Lipinski definition) is 3. The Morgan fingerprint density at radius 1 is 1.44 bits per heavy atom. The zero-order valence-electron chi connectivity index (χ0n) is 9.26. The van der Waals surface area contributed by atoms with Crippen LogP contribution >= 0.6 is 15.9 Å². The van der Waals surface area contributed by atoms with Gasteiger partial charge in [0, 0.05) is 17.7 Å². The van der Waals surface area contributed by atoms with Gasteiger partial charge in [-0.2, -0.15) is 5.10 Å². The standard InChI is InChI=1S/C10H9BrFN3O2S/c1-15-6-8(5-13-15)18(16,17)14-10-4-7(12)2-3-9(10)11/h2-6,14H,1H3. The molecular weight excluding hydrogens is 325 g/mol. The lowest BCUT2D eigenvalue weighted by atomic mass is 10.3. The van der Waals surface area contributed by atoms with E-state index in [4.69, 9.17) is 0 Å². The molecule has 0 saturated heterocycles. The van der Waals surface area contributed by atoms with Crippen molar-refractivity contribution in [1.82, 2.24) is 9.78 Å². The van der Waals surface area contributed by atoms with E-state index in [1.165, 1.54) is 29.2 Å². The van der Waals surface area contributed by atoms with Crippen LogP contribution < -0.4 is 4.72 Å². The first-order valence-electron chi connectivity index (χ1n) is 4.85. The summed E-state index contributed by atoms with van der Waals surface area (Å²) in [6.45, 7) is 0. The first-order valence-corrected chi connectivity index (χ1v) is 7.12. The summed E-state index contributed by atoms with van der Waals surface area (Å²) in [7, 11) is -2.15. The van der Waals surface area contributed by atoms with E-state index in [0.717, 1.165) is 6.07 Å². The van der Waals surface area contributed by atoms with E-state index in [-0.39, 0.29) is 10.6 Å². The number of anilines is 1. The van der Waals surface area contributed by atoms with Crippen LogP contribution in [-0.2, 0) is 17.1 Å². The van der Waals surface area contributed by atoms with E-state index in [2.05, 4.69) is 25.8 Å². The highest BCUT2D eigenvalue weighted by molar-refractivity contribution is 9.10. The van der Waals surface area contributed by atoms with Gasteiger partial charge in [-0.3, -0.25) is 9.40 Å². The number of rotatable bonds is 3. The zero-order valence-corrected chi connectivity index (χ0v) is 11.7. The third-order valence-corrected chi connectivity index (χ3v) is 4.18. The van der Waals surface area contributed by atoms with Crippen LogP contribution in [0, 0.1) is 5.82 Å². The molecule has 2 aromatic rings. The molecule has 1 aromatic carbocycles. The first-order chi connectivity index (χ1) is 8.38. The largest absolute Gasteiger partial charge is 0.278 e. The fraction of sp³-hybridized carbons (Fsp3) is 0.100. The quantitative estimate of drug-likeness (QED) is 0.935. The molecule has 0 spiro atoms. The van der Waals surface area contributed by atoms with Gasteiger partial charge in [-0.05, 0) is 34.1 Å². The van der Waals surface area contributed by atoms with Gasteiger partial charge in [-0.25, -0.2) is 12.8 Å². The summed E-state index contributed by atoms with van der Waals surface area (Å²) in [5.41, 5.74) is 0.138. The number of benzene rings is 1. The van der Waals surface area contributed by atoms with Gasteiger partial charge in [0.05, 0.1) is 11.9 Å². The number of nitrogens with zero attached hydrogens (tertiary/aromatic N) is 2. The smallest absolute Gasteiger partial charge is 0.265 e. The maximum atomic E-state index is 13.1. The average molecular weight is 334 g/mol. The third-order valence-electron chi connectivity index (χ3n) is 2.16. The van der Waals surface area contributed by atoms with Crippen molar-refractivity contribution in [3.8, 4) is 0 Å². The molecule has 18 heavy (non-hydrogen) atoms. The number of hydrogen-bond donors (Lipinski definition) is 1. The average Bonchev–Trinajstić information content (AvgIpc) is 2.71. The Bertz CT molecular complexity index is 684. The number of nitrogens with one attached hydrogen (secondary N) is 1. The van der Waals surface area contributed by atoms with E-state index >= 15 is 0 Å². The molecule has 0 atom stereocenters. The van der Waals surface area contributed by atoms with Gasteiger partial charge < -0.3 is 0 Å². The maximum absolute atomic E-state index is 13.1. The molecule has 0 aliphatic heterocycles. The fourth-order valence-corrected chi connectivity index (χ4v) is 2.85. The van der Waals surface area contributed by atoms with Gasteiger partial charge in [-0.1, -0.05) is 0 Å². The zero-order chi connectivity index (χ0) is 13.3. The second-order valence-electron chi connectivity index (χ2n) is 3.58. The van der Waals surface area contributed by atoms with Crippen LogP contribution in [0.4, 0.5) is 10.1 Å². The minimum Gasteiger partial charge on any atom is -0.278 e. The van der Waals surface area contributed by atoms with Gasteiger partial charge in [0.1, 0.15) is 10.7 Å². The van der Waals surface area contributed by atoms with Gasteiger partial charge in [0.2, 0.25) is 0 Å². The van der Waals surface area contributed by atoms with Crippen molar-refractivity contribution in [2.75, 3.05) is 4.72 Å². The van der Waals surface area contributed by atoms with Crippen molar-refractivity contribution in [3.63, 3.8) is 0 Å². The van der Waals surface area contributed by atoms with Crippen molar-refractivity contribution in [1.29, 1.82) is 0 Å². The Morgan fingerprint density at radius 2 is 2.17 bits per heavy atom. The van der Waals surface area contributed by atoms with Crippen molar-refractivity contribution in [2.24, 2.45) is 7.05 Å². The Hall–Kier alpha value is -1.41. The molecule has 96 valence electrons. The molecule has 1 aromatic heterocycles. The SMILES string of the molecule is Cn1cc(S(=O)(=O)Nc2cc(F)ccc2Br)cn1. The highest BCUT2D eigenvalue weighted by atomic mass is 79.9. The summed E-state index contributed by atoms with van der Waals surface area (Å²) < 4.78 is 41.1. The van der Waals surface area contributed by atoms with Crippen molar-refractivity contribution >= 4 is 31.6 Å². The second-order valence-corrected chi connectivity index (χ2v) is 6.12. The van der Waals surface area contributed by atoms with Crippen LogP contribution in [0.5, 0.6) is 0 Å². The Balaban J connectivity index is 2.36. The summed E-state index contributed by atoms with van der Waals surface area (Å²) in [5.74, 6) is -0.526. The summed E-state index contributed by atoms with van der Waals surface area (Å²) in [4.78, 5) is 0.0150. The van der Waals surface area contributed by atoms with Gasteiger partial charge in [-0.15, -0.1) is 0 Å². The van der Waals surface area contributed by atoms with E-state index in [0.29, 0.717) is 4.47 Å². The van der Waals surface area contributed by atoms with Crippen molar-refractivity contribution < 1.29 is 12.8 Å². The minimum atomic E-state index is -3.76. The number of sulfonamides is 1. The Labute approximate surface area is 112 Å². The normalized spacial score (nSPS) is 11.5. The fourth-order valence-electron chi connectivity index (χ4n) is 1.32. The highest BCUT2D eigenvalue weighted by Gasteiger charge is 2.17. The summed E-state index contributed by atoms with van der Waals surface area (Å²) >= 11 is 3.15. The lowest BCUT2D eigenvalue weighted by Gasteiger charge is -2.08. The van der Waals surface area contributed by atoms with Crippen LogP contribution in [-0.4, -0.2) is 18.2 Å². The summed E-state index contributed by atoms with van der Waals surface area (Å²) in [6, 6.07) is 3.75. The highest BCUT2D eigenvalue weighted by Crippen LogP contribution is 2.25. The molecule has 2 rings (SSSR count). The molecule has 8 heteroatoms. The lowest BCUT2D eigenvalue weighted by Crippen LogP contribution is -2.12. The minimum absolute atomic E-state index is 0.0150. The Morgan fingerprint density at radius 3 is 2.78 bits per heavy atom. The molecule has 0 aliphatic carbocycles. The van der Waals surface area contributed by atoms with E-state index in [9.17, 15) is 12.8 Å². The third kappa shape index (κ3) is 2.70. The molecule has 0 radical (unpaired) electrons. The van der Waals surface area contributed by atoms with E-state index in [1.807, 2.05) is 0 Å². The monoisotopic (exact) mass is 333 g/mol. The van der Waals surface area contributed by atoms with Crippen LogP contribution in [0.15, 0.2) is 40.0 Å². The molecular formula is C10H9BrFN3O2S. The second kappa shape index (κ2) is 4.69. The lowest BCUT2D eigenvalue weighted by molar-refractivity contribution is 0.601. The van der Waals surface area contributed by atoms with Crippen LogP contribution in [0.3, 0.4) is 0 Å². The molecule has 5 nitrogen and oxygen atoms in total. The molecule has 0 bridgehead atoms.